The second-order valence-electron chi connectivity index (χ2n) is 5.72. The maximum atomic E-state index is 6.18. The zero-order valence-corrected chi connectivity index (χ0v) is 14.7. The predicted molar refractivity (Wildman–Crippen MR) is 102 cm³/mol. The lowest BCUT2D eigenvalue weighted by Crippen LogP contribution is -2.15. The van der Waals surface area contributed by atoms with E-state index in [1.54, 1.807) is 0 Å². The zero-order chi connectivity index (χ0) is 17.8. The van der Waals surface area contributed by atoms with E-state index in [1.165, 1.54) is 6.33 Å². The van der Waals surface area contributed by atoms with E-state index in [1.807, 2.05) is 48.5 Å². The van der Waals surface area contributed by atoms with Crippen LogP contribution in [0.2, 0.25) is 5.02 Å². The first-order valence-electron chi connectivity index (χ1n) is 8.24. The van der Waals surface area contributed by atoms with Crippen LogP contribution in [-0.4, -0.2) is 23.2 Å². The van der Waals surface area contributed by atoms with E-state index in [2.05, 4.69) is 20.6 Å². The van der Waals surface area contributed by atoms with Gasteiger partial charge < -0.3 is 20.1 Å². The number of nitrogens with one attached hydrogen (secondary N) is 2. The van der Waals surface area contributed by atoms with Crippen molar-refractivity contribution in [3.05, 3.63) is 65.4 Å². The first-order chi connectivity index (χ1) is 12.8. The third-order valence-electron chi connectivity index (χ3n) is 3.90. The molecular formula is C19H17ClN4O2. The Morgan fingerprint density at radius 3 is 2.62 bits per heavy atom. The number of hydrogen-bond donors (Lipinski definition) is 2. The fourth-order valence-electron chi connectivity index (χ4n) is 2.62. The highest BCUT2D eigenvalue weighted by atomic mass is 35.5. The van der Waals surface area contributed by atoms with Crippen LogP contribution in [0.15, 0.2) is 54.9 Å². The van der Waals surface area contributed by atoms with Gasteiger partial charge in [-0.05, 0) is 23.8 Å². The summed E-state index contributed by atoms with van der Waals surface area (Å²) in [5.74, 6) is 2.87. The van der Waals surface area contributed by atoms with Crippen LogP contribution in [0.1, 0.15) is 5.56 Å². The van der Waals surface area contributed by atoms with Gasteiger partial charge in [-0.2, -0.15) is 0 Å². The molecule has 4 rings (SSSR count). The summed E-state index contributed by atoms with van der Waals surface area (Å²) in [6, 6.07) is 15.3. The Kier molecular flexibility index (Phi) is 4.75. The Balaban J connectivity index is 1.45. The first-order valence-corrected chi connectivity index (χ1v) is 8.62. The molecule has 0 fully saturated rings. The second-order valence-corrected chi connectivity index (χ2v) is 6.12. The molecule has 0 spiro atoms. The van der Waals surface area contributed by atoms with Crippen molar-refractivity contribution in [2.24, 2.45) is 0 Å². The molecule has 2 aromatic carbocycles. The highest BCUT2D eigenvalue weighted by molar-refractivity contribution is 6.31. The number of aromatic nitrogens is 2. The number of nitrogens with zero attached hydrogens (tertiary/aromatic N) is 2. The SMILES string of the molecule is Clc1ccccc1CNc1cc(Nc2ccc3c(c2)OCCO3)ncn1. The first kappa shape index (κ1) is 16.5. The molecule has 0 bridgehead atoms. The molecule has 2 heterocycles. The van der Waals surface area contributed by atoms with E-state index in [9.17, 15) is 0 Å². The van der Waals surface area contributed by atoms with Crippen molar-refractivity contribution in [2.75, 3.05) is 23.8 Å². The normalized spacial score (nSPS) is 12.5. The molecule has 1 aliphatic rings. The molecule has 0 amide bonds. The number of halogens is 1. The Morgan fingerprint density at radius 1 is 0.923 bits per heavy atom. The summed E-state index contributed by atoms with van der Waals surface area (Å²) in [6.45, 7) is 1.71. The van der Waals surface area contributed by atoms with Gasteiger partial charge in [0.05, 0.1) is 0 Å². The molecular weight excluding hydrogens is 352 g/mol. The summed E-state index contributed by atoms with van der Waals surface area (Å²) in [5.41, 5.74) is 1.87. The third kappa shape index (κ3) is 3.81. The molecule has 26 heavy (non-hydrogen) atoms. The molecule has 1 aliphatic heterocycles. The van der Waals surface area contributed by atoms with Gasteiger partial charge in [0.15, 0.2) is 11.5 Å². The van der Waals surface area contributed by atoms with Gasteiger partial charge in [0.25, 0.3) is 0 Å². The van der Waals surface area contributed by atoms with Crippen LogP contribution < -0.4 is 20.1 Å². The number of anilines is 3. The van der Waals surface area contributed by atoms with Gasteiger partial charge >= 0.3 is 0 Å². The lowest BCUT2D eigenvalue weighted by Gasteiger charge is -2.19. The van der Waals surface area contributed by atoms with Crippen LogP contribution in [0.3, 0.4) is 0 Å². The summed E-state index contributed by atoms with van der Waals surface area (Å²) < 4.78 is 11.1. The molecule has 7 heteroatoms. The summed E-state index contributed by atoms with van der Waals surface area (Å²) in [4.78, 5) is 8.50. The fraction of sp³-hybridized carbons (Fsp3) is 0.158. The number of benzene rings is 2. The monoisotopic (exact) mass is 368 g/mol. The second kappa shape index (κ2) is 7.49. The average molecular weight is 369 g/mol. The van der Waals surface area contributed by atoms with Crippen LogP contribution in [0, 0.1) is 0 Å². The van der Waals surface area contributed by atoms with Crippen LogP contribution >= 0.6 is 11.6 Å². The summed E-state index contributed by atoms with van der Waals surface area (Å²) >= 11 is 6.18. The number of ether oxygens (including phenoxy) is 2. The third-order valence-corrected chi connectivity index (χ3v) is 4.27. The lowest BCUT2D eigenvalue weighted by molar-refractivity contribution is 0.171. The Hall–Kier alpha value is -2.99. The summed E-state index contributed by atoms with van der Waals surface area (Å²) in [5, 5.41) is 7.23. The Labute approximate surface area is 156 Å². The topological polar surface area (TPSA) is 68.3 Å². The molecule has 0 unspecified atom stereocenters. The van der Waals surface area contributed by atoms with Crippen molar-refractivity contribution < 1.29 is 9.47 Å². The Morgan fingerprint density at radius 2 is 1.73 bits per heavy atom. The minimum atomic E-state index is 0.556. The van der Waals surface area contributed by atoms with E-state index >= 15 is 0 Å². The molecule has 6 nitrogen and oxygen atoms in total. The van der Waals surface area contributed by atoms with Gasteiger partial charge in [-0.25, -0.2) is 9.97 Å². The number of fused-ring (bicyclic) bond motifs is 1. The van der Waals surface area contributed by atoms with Crippen LogP contribution in [-0.2, 0) is 6.54 Å². The van der Waals surface area contributed by atoms with Gasteiger partial charge in [0.2, 0.25) is 0 Å². The van der Waals surface area contributed by atoms with Crippen LogP contribution in [0.4, 0.5) is 17.3 Å². The minimum absolute atomic E-state index is 0.556. The largest absolute Gasteiger partial charge is 0.486 e. The van der Waals surface area contributed by atoms with Gasteiger partial charge in [0.1, 0.15) is 31.2 Å². The predicted octanol–water partition coefficient (Wildman–Crippen LogP) is 4.26. The molecule has 0 saturated heterocycles. The molecule has 0 radical (unpaired) electrons. The number of hydrogen-bond acceptors (Lipinski definition) is 6. The van der Waals surface area contributed by atoms with E-state index < -0.39 is 0 Å². The quantitative estimate of drug-likeness (QED) is 0.701. The van der Waals surface area contributed by atoms with Crippen molar-refractivity contribution in [3.63, 3.8) is 0 Å². The maximum Gasteiger partial charge on any atom is 0.163 e. The molecule has 132 valence electrons. The highest BCUT2D eigenvalue weighted by Crippen LogP contribution is 2.33. The molecule has 0 atom stereocenters. The summed E-state index contributed by atoms with van der Waals surface area (Å²) in [6.07, 6.45) is 1.51. The van der Waals surface area contributed by atoms with Crippen molar-refractivity contribution in [3.8, 4) is 11.5 Å². The molecule has 1 aromatic heterocycles. The zero-order valence-electron chi connectivity index (χ0n) is 13.9. The molecule has 0 saturated carbocycles. The lowest BCUT2D eigenvalue weighted by atomic mass is 10.2. The van der Waals surface area contributed by atoms with Gasteiger partial charge in [-0.15, -0.1) is 0 Å². The van der Waals surface area contributed by atoms with Crippen molar-refractivity contribution >= 4 is 28.9 Å². The fourth-order valence-corrected chi connectivity index (χ4v) is 2.82. The van der Waals surface area contributed by atoms with Gasteiger partial charge in [0, 0.05) is 29.4 Å². The smallest absolute Gasteiger partial charge is 0.163 e. The van der Waals surface area contributed by atoms with Crippen molar-refractivity contribution in [1.29, 1.82) is 0 Å². The van der Waals surface area contributed by atoms with E-state index in [0.717, 1.165) is 27.8 Å². The molecule has 2 N–H and O–H groups in total. The molecule has 0 aliphatic carbocycles. The van der Waals surface area contributed by atoms with Crippen molar-refractivity contribution in [2.45, 2.75) is 6.54 Å². The van der Waals surface area contributed by atoms with Gasteiger partial charge in [-0.1, -0.05) is 29.8 Å². The standard InChI is InChI=1S/C19H17ClN4O2/c20-15-4-2-1-3-13(15)11-21-18-10-19(23-12-22-18)24-14-5-6-16-17(9-14)26-8-7-25-16/h1-6,9-10,12H,7-8,11H2,(H2,21,22,23,24). The van der Waals surface area contributed by atoms with E-state index in [-0.39, 0.29) is 0 Å². The summed E-state index contributed by atoms with van der Waals surface area (Å²) in [7, 11) is 0. The van der Waals surface area contributed by atoms with E-state index in [0.29, 0.717) is 31.4 Å². The highest BCUT2D eigenvalue weighted by Gasteiger charge is 2.12. The Bertz CT molecular complexity index is 920. The average Bonchev–Trinajstić information content (AvgIpc) is 2.68. The number of rotatable bonds is 5. The van der Waals surface area contributed by atoms with Crippen LogP contribution in [0.5, 0.6) is 11.5 Å². The minimum Gasteiger partial charge on any atom is -0.486 e. The van der Waals surface area contributed by atoms with Crippen LogP contribution in [0.25, 0.3) is 0 Å². The van der Waals surface area contributed by atoms with E-state index in [4.69, 9.17) is 21.1 Å². The van der Waals surface area contributed by atoms with Crippen molar-refractivity contribution in [1.82, 2.24) is 9.97 Å². The molecule has 3 aromatic rings. The van der Waals surface area contributed by atoms with Gasteiger partial charge in [-0.3, -0.25) is 0 Å². The maximum absolute atomic E-state index is 6.18.